The first-order chi connectivity index (χ1) is 10.2. The number of nitrogens with zero attached hydrogens (tertiary/aromatic N) is 2. The molecular weight excluding hydrogens is 256 g/mol. The van der Waals surface area contributed by atoms with Crippen LogP contribution in [-0.4, -0.2) is 43.0 Å². The summed E-state index contributed by atoms with van der Waals surface area (Å²) in [4.78, 5) is 4.94. The van der Waals surface area contributed by atoms with Crippen molar-refractivity contribution in [3.63, 3.8) is 0 Å². The third-order valence-electron chi connectivity index (χ3n) is 4.41. The van der Waals surface area contributed by atoms with E-state index in [1.165, 1.54) is 48.4 Å². The molecule has 2 aromatic rings. The molecular formula is C19H24N2. The van der Waals surface area contributed by atoms with Gasteiger partial charge in [0.05, 0.1) is 0 Å². The zero-order valence-electron chi connectivity index (χ0n) is 13.0. The molecule has 0 radical (unpaired) electrons. The average Bonchev–Trinajstić information content (AvgIpc) is 2.51. The lowest BCUT2D eigenvalue weighted by molar-refractivity contribution is 0.148. The fraction of sp³-hybridized carbons (Fsp3) is 0.368. The highest BCUT2D eigenvalue weighted by molar-refractivity contribution is 5.67. The van der Waals surface area contributed by atoms with Crippen LogP contribution in [-0.2, 0) is 6.54 Å². The van der Waals surface area contributed by atoms with E-state index < -0.39 is 0 Å². The van der Waals surface area contributed by atoms with Crippen LogP contribution < -0.4 is 0 Å². The van der Waals surface area contributed by atoms with Crippen LogP contribution in [0.2, 0.25) is 0 Å². The Balaban J connectivity index is 1.68. The summed E-state index contributed by atoms with van der Waals surface area (Å²) < 4.78 is 0. The van der Waals surface area contributed by atoms with Crippen LogP contribution in [0.15, 0.2) is 48.5 Å². The molecule has 2 nitrogen and oxygen atoms in total. The summed E-state index contributed by atoms with van der Waals surface area (Å²) in [5.41, 5.74) is 5.40. The normalized spacial score (nSPS) is 17.0. The van der Waals surface area contributed by atoms with Crippen molar-refractivity contribution in [2.75, 3.05) is 33.2 Å². The average molecular weight is 280 g/mol. The van der Waals surface area contributed by atoms with Crippen LogP contribution in [0.5, 0.6) is 0 Å². The zero-order valence-corrected chi connectivity index (χ0v) is 13.0. The summed E-state index contributed by atoms with van der Waals surface area (Å²) >= 11 is 0. The third-order valence-corrected chi connectivity index (χ3v) is 4.41. The number of piperazine rings is 1. The Labute approximate surface area is 128 Å². The van der Waals surface area contributed by atoms with Gasteiger partial charge < -0.3 is 4.90 Å². The minimum absolute atomic E-state index is 1.07. The van der Waals surface area contributed by atoms with E-state index in [0.29, 0.717) is 0 Å². The van der Waals surface area contributed by atoms with Crippen LogP contribution >= 0.6 is 0 Å². The van der Waals surface area contributed by atoms with Crippen molar-refractivity contribution in [3.05, 3.63) is 59.7 Å². The number of rotatable bonds is 3. The molecule has 21 heavy (non-hydrogen) atoms. The van der Waals surface area contributed by atoms with Gasteiger partial charge in [0.1, 0.15) is 0 Å². The number of likely N-dealkylation sites (N-methyl/N-ethyl adjacent to an activating group) is 1. The molecule has 0 bridgehead atoms. The number of hydrogen-bond acceptors (Lipinski definition) is 2. The quantitative estimate of drug-likeness (QED) is 0.850. The molecule has 0 aromatic heterocycles. The van der Waals surface area contributed by atoms with Crippen LogP contribution in [0.3, 0.4) is 0 Å². The molecule has 0 N–H and O–H groups in total. The number of benzene rings is 2. The highest BCUT2D eigenvalue weighted by Gasteiger charge is 2.13. The highest BCUT2D eigenvalue weighted by atomic mass is 15.2. The van der Waals surface area contributed by atoms with Crippen molar-refractivity contribution in [2.45, 2.75) is 13.5 Å². The fourth-order valence-corrected chi connectivity index (χ4v) is 2.95. The SMILES string of the molecule is Cc1ccccc1-c1ccc(CN2CCN(C)CC2)cc1. The van der Waals surface area contributed by atoms with Gasteiger partial charge in [0.2, 0.25) is 0 Å². The Bertz CT molecular complexity index is 581. The molecule has 1 heterocycles. The van der Waals surface area contributed by atoms with E-state index in [-0.39, 0.29) is 0 Å². The van der Waals surface area contributed by atoms with Gasteiger partial charge in [0.25, 0.3) is 0 Å². The molecule has 2 heteroatoms. The highest BCUT2D eigenvalue weighted by Crippen LogP contribution is 2.23. The lowest BCUT2D eigenvalue weighted by Crippen LogP contribution is -2.43. The fourth-order valence-electron chi connectivity index (χ4n) is 2.95. The molecule has 0 saturated carbocycles. The molecule has 1 fully saturated rings. The second-order valence-electron chi connectivity index (χ2n) is 6.09. The second-order valence-corrected chi connectivity index (χ2v) is 6.09. The lowest BCUT2D eigenvalue weighted by atomic mass is 9.99. The third kappa shape index (κ3) is 3.52. The van der Waals surface area contributed by atoms with Gasteiger partial charge in [-0.05, 0) is 36.2 Å². The maximum absolute atomic E-state index is 2.54. The first kappa shape index (κ1) is 14.3. The molecule has 2 aromatic carbocycles. The Morgan fingerprint density at radius 2 is 1.52 bits per heavy atom. The maximum atomic E-state index is 2.54. The van der Waals surface area contributed by atoms with Gasteiger partial charge in [-0.2, -0.15) is 0 Å². The molecule has 1 aliphatic rings. The first-order valence-electron chi connectivity index (χ1n) is 7.78. The van der Waals surface area contributed by atoms with E-state index >= 15 is 0 Å². The first-order valence-corrected chi connectivity index (χ1v) is 7.78. The molecule has 1 saturated heterocycles. The smallest absolute Gasteiger partial charge is 0.0234 e. The largest absolute Gasteiger partial charge is 0.304 e. The summed E-state index contributed by atoms with van der Waals surface area (Å²) in [5, 5.41) is 0. The summed E-state index contributed by atoms with van der Waals surface area (Å²) in [5.74, 6) is 0. The number of hydrogen-bond donors (Lipinski definition) is 0. The molecule has 0 aliphatic carbocycles. The second kappa shape index (κ2) is 6.42. The van der Waals surface area contributed by atoms with Crippen molar-refractivity contribution < 1.29 is 0 Å². The maximum Gasteiger partial charge on any atom is 0.0234 e. The minimum Gasteiger partial charge on any atom is -0.304 e. The van der Waals surface area contributed by atoms with Crippen LogP contribution in [0, 0.1) is 6.92 Å². The zero-order chi connectivity index (χ0) is 14.7. The van der Waals surface area contributed by atoms with Crippen molar-refractivity contribution in [1.82, 2.24) is 9.80 Å². The topological polar surface area (TPSA) is 6.48 Å². The Hall–Kier alpha value is -1.64. The van der Waals surface area contributed by atoms with Crippen molar-refractivity contribution in [2.24, 2.45) is 0 Å². The van der Waals surface area contributed by atoms with E-state index in [2.05, 4.69) is 72.3 Å². The van der Waals surface area contributed by atoms with E-state index in [0.717, 1.165) is 6.54 Å². The van der Waals surface area contributed by atoms with Crippen LogP contribution in [0.4, 0.5) is 0 Å². The van der Waals surface area contributed by atoms with E-state index in [1.807, 2.05) is 0 Å². The molecule has 110 valence electrons. The van der Waals surface area contributed by atoms with Gasteiger partial charge in [-0.15, -0.1) is 0 Å². The summed E-state index contributed by atoms with van der Waals surface area (Å²) in [7, 11) is 2.20. The van der Waals surface area contributed by atoms with Gasteiger partial charge >= 0.3 is 0 Å². The lowest BCUT2D eigenvalue weighted by Gasteiger charge is -2.32. The van der Waals surface area contributed by atoms with E-state index in [9.17, 15) is 0 Å². The van der Waals surface area contributed by atoms with Crippen molar-refractivity contribution in [3.8, 4) is 11.1 Å². The van der Waals surface area contributed by atoms with Gasteiger partial charge in [-0.1, -0.05) is 48.5 Å². The molecule has 1 aliphatic heterocycles. The van der Waals surface area contributed by atoms with E-state index in [4.69, 9.17) is 0 Å². The Morgan fingerprint density at radius 3 is 2.19 bits per heavy atom. The van der Waals surface area contributed by atoms with Crippen LogP contribution in [0.25, 0.3) is 11.1 Å². The monoisotopic (exact) mass is 280 g/mol. The predicted molar refractivity (Wildman–Crippen MR) is 89.4 cm³/mol. The number of aryl methyl sites for hydroxylation is 1. The van der Waals surface area contributed by atoms with Gasteiger partial charge in [-0.3, -0.25) is 4.90 Å². The summed E-state index contributed by atoms with van der Waals surface area (Å²) in [6.07, 6.45) is 0. The Morgan fingerprint density at radius 1 is 0.857 bits per heavy atom. The molecule has 0 spiro atoms. The van der Waals surface area contributed by atoms with Gasteiger partial charge in [-0.25, -0.2) is 0 Å². The van der Waals surface area contributed by atoms with Crippen molar-refractivity contribution >= 4 is 0 Å². The summed E-state index contributed by atoms with van der Waals surface area (Å²) in [6.45, 7) is 7.96. The Kier molecular flexibility index (Phi) is 4.37. The van der Waals surface area contributed by atoms with Crippen molar-refractivity contribution in [1.29, 1.82) is 0 Å². The predicted octanol–water partition coefficient (Wildman–Crippen LogP) is 3.41. The molecule has 0 unspecified atom stereocenters. The molecule has 0 amide bonds. The molecule has 0 atom stereocenters. The van der Waals surface area contributed by atoms with Crippen LogP contribution in [0.1, 0.15) is 11.1 Å². The standard InChI is InChI=1S/C19H24N2/c1-16-5-3-4-6-19(16)18-9-7-17(8-10-18)15-21-13-11-20(2)12-14-21/h3-10H,11-15H2,1-2H3. The van der Waals surface area contributed by atoms with E-state index in [1.54, 1.807) is 0 Å². The van der Waals surface area contributed by atoms with Gasteiger partial charge in [0.15, 0.2) is 0 Å². The molecule has 3 rings (SSSR count). The minimum atomic E-state index is 1.07. The summed E-state index contributed by atoms with van der Waals surface area (Å²) in [6, 6.07) is 17.7. The van der Waals surface area contributed by atoms with Gasteiger partial charge in [0, 0.05) is 32.7 Å².